The zero-order valence-electron chi connectivity index (χ0n) is 10.4. The molecule has 0 aromatic carbocycles. The molecular formula is C11H23N3O. The number of rotatable bonds is 3. The first kappa shape index (κ1) is 12.3. The topological polar surface area (TPSA) is 28.1 Å². The summed E-state index contributed by atoms with van der Waals surface area (Å²) in [5.41, 5.74) is 0. The van der Waals surface area contributed by atoms with Crippen LogP contribution in [0, 0.1) is 5.92 Å². The lowest BCUT2D eigenvalue weighted by molar-refractivity contribution is 0.184. The van der Waals surface area contributed by atoms with Gasteiger partial charge in [0.25, 0.3) is 0 Å². The maximum Gasteiger partial charge on any atom is 0.195 e. The molecule has 1 aliphatic heterocycles. The summed E-state index contributed by atoms with van der Waals surface area (Å²) in [5, 5.41) is 0. The predicted molar refractivity (Wildman–Crippen MR) is 63.2 cm³/mol. The fraction of sp³-hybridized carbons (Fsp3) is 0.909. The van der Waals surface area contributed by atoms with Crippen molar-refractivity contribution in [3.05, 3.63) is 0 Å². The highest BCUT2D eigenvalue weighted by Crippen LogP contribution is 2.15. The molecule has 0 spiro atoms. The van der Waals surface area contributed by atoms with Crippen LogP contribution in [0.15, 0.2) is 4.99 Å². The Morgan fingerprint density at radius 2 is 1.93 bits per heavy atom. The first-order chi connectivity index (χ1) is 7.11. The molecule has 4 heteroatoms. The quantitative estimate of drug-likeness (QED) is 0.515. The molecule has 0 radical (unpaired) electrons. The number of hydrogen-bond donors (Lipinski definition) is 0. The van der Waals surface area contributed by atoms with Crippen molar-refractivity contribution in [2.24, 2.45) is 10.9 Å². The van der Waals surface area contributed by atoms with E-state index in [1.807, 2.05) is 38.0 Å². The highest BCUT2D eigenvalue weighted by Gasteiger charge is 2.15. The molecule has 15 heavy (non-hydrogen) atoms. The number of nitrogens with zero attached hydrogens (tertiary/aromatic N) is 3. The summed E-state index contributed by atoms with van der Waals surface area (Å²) in [7, 11) is 8.10. The van der Waals surface area contributed by atoms with Crippen LogP contribution in [0.3, 0.4) is 0 Å². The van der Waals surface area contributed by atoms with Crippen molar-refractivity contribution < 1.29 is 4.74 Å². The average molecular weight is 213 g/mol. The molecule has 1 aliphatic rings. The van der Waals surface area contributed by atoms with E-state index in [1.54, 1.807) is 0 Å². The van der Waals surface area contributed by atoms with Crippen LogP contribution >= 0.6 is 0 Å². The molecule has 1 fully saturated rings. The van der Waals surface area contributed by atoms with Crippen LogP contribution in [0.2, 0.25) is 0 Å². The fourth-order valence-electron chi connectivity index (χ4n) is 1.84. The minimum absolute atomic E-state index is 0.722. The van der Waals surface area contributed by atoms with E-state index in [9.17, 15) is 0 Å². The predicted octanol–water partition coefficient (Wildman–Crippen LogP) is 0.892. The third kappa shape index (κ3) is 4.08. The molecule has 0 aliphatic carbocycles. The van der Waals surface area contributed by atoms with Gasteiger partial charge in [0.05, 0.1) is 0 Å². The van der Waals surface area contributed by atoms with Crippen LogP contribution in [0.4, 0.5) is 0 Å². The number of hydrogen-bond acceptors (Lipinski definition) is 2. The summed E-state index contributed by atoms with van der Waals surface area (Å²) in [4.78, 5) is 8.69. The molecule has 1 unspecified atom stereocenters. The number of ether oxygens (including phenoxy) is 1. The van der Waals surface area contributed by atoms with Crippen molar-refractivity contribution in [3.63, 3.8) is 0 Å². The normalized spacial score (nSPS) is 20.1. The van der Waals surface area contributed by atoms with Crippen LogP contribution in [-0.4, -0.2) is 63.7 Å². The monoisotopic (exact) mass is 213 g/mol. The maximum absolute atomic E-state index is 5.34. The van der Waals surface area contributed by atoms with Crippen LogP contribution < -0.4 is 0 Å². The maximum atomic E-state index is 5.34. The Balaban J connectivity index is 2.32. The van der Waals surface area contributed by atoms with Crippen molar-refractivity contribution in [2.75, 3.05) is 47.9 Å². The van der Waals surface area contributed by atoms with Gasteiger partial charge in [-0.05, 0) is 18.8 Å². The molecule has 1 heterocycles. The van der Waals surface area contributed by atoms with Crippen LogP contribution in [0.25, 0.3) is 0 Å². The van der Waals surface area contributed by atoms with Gasteiger partial charge in [0.15, 0.2) is 5.96 Å². The van der Waals surface area contributed by atoms with Gasteiger partial charge >= 0.3 is 0 Å². The van der Waals surface area contributed by atoms with E-state index >= 15 is 0 Å². The first-order valence-electron chi connectivity index (χ1n) is 5.58. The van der Waals surface area contributed by atoms with E-state index in [0.29, 0.717) is 0 Å². The molecule has 0 bridgehead atoms. The minimum atomic E-state index is 0.722. The van der Waals surface area contributed by atoms with Gasteiger partial charge in [0, 0.05) is 47.9 Å². The highest BCUT2D eigenvalue weighted by molar-refractivity contribution is 5.79. The largest absolute Gasteiger partial charge is 0.381 e. The zero-order chi connectivity index (χ0) is 11.3. The van der Waals surface area contributed by atoms with Crippen molar-refractivity contribution in [3.8, 4) is 0 Å². The van der Waals surface area contributed by atoms with Crippen molar-refractivity contribution >= 4 is 5.96 Å². The molecule has 1 saturated heterocycles. The van der Waals surface area contributed by atoms with E-state index in [1.165, 1.54) is 6.42 Å². The first-order valence-corrected chi connectivity index (χ1v) is 5.58. The molecule has 0 aromatic rings. The molecule has 1 rings (SSSR count). The molecule has 4 nitrogen and oxygen atoms in total. The lowest BCUT2D eigenvalue weighted by atomic mass is 10.1. The SMILES string of the molecule is CN(C)C(=NCCC1CCOC1)N(C)C. The second-order valence-corrected chi connectivity index (χ2v) is 4.49. The van der Waals surface area contributed by atoms with Gasteiger partial charge in [-0.25, -0.2) is 0 Å². The number of aliphatic imine (C=N–C) groups is 1. The van der Waals surface area contributed by atoms with E-state index < -0.39 is 0 Å². The molecule has 0 aromatic heterocycles. The second-order valence-electron chi connectivity index (χ2n) is 4.49. The summed E-state index contributed by atoms with van der Waals surface area (Å²) in [6.07, 6.45) is 2.35. The summed E-state index contributed by atoms with van der Waals surface area (Å²) in [5.74, 6) is 1.76. The molecule has 0 saturated carbocycles. The molecular weight excluding hydrogens is 190 g/mol. The van der Waals surface area contributed by atoms with Crippen LogP contribution in [0.5, 0.6) is 0 Å². The van der Waals surface area contributed by atoms with Gasteiger partial charge < -0.3 is 14.5 Å². The van der Waals surface area contributed by atoms with Gasteiger partial charge in [-0.3, -0.25) is 4.99 Å². The van der Waals surface area contributed by atoms with Crippen molar-refractivity contribution in [1.82, 2.24) is 9.80 Å². The Morgan fingerprint density at radius 3 is 2.40 bits per heavy atom. The molecule has 0 N–H and O–H groups in total. The summed E-state index contributed by atoms with van der Waals surface area (Å²) < 4.78 is 5.34. The Bertz CT molecular complexity index is 198. The summed E-state index contributed by atoms with van der Waals surface area (Å²) >= 11 is 0. The molecule has 1 atom stereocenters. The van der Waals surface area contributed by atoms with Gasteiger partial charge in [0.2, 0.25) is 0 Å². The second kappa shape index (κ2) is 5.95. The zero-order valence-corrected chi connectivity index (χ0v) is 10.4. The van der Waals surface area contributed by atoms with E-state index in [4.69, 9.17) is 4.74 Å². The smallest absolute Gasteiger partial charge is 0.195 e. The van der Waals surface area contributed by atoms with E-state index in [-0.39, 0.29) is 0 Å². The summed E-state index contributed by atoms with van der Waals surface area (Å²) in [6, 6.07) is 0. The molecule has 88 valence electrons. The van der Waals surface area contributed by atoms with Gasteiger partial charge in [-0.15, -0.1) is 0 Å². The minimum Gasteiger partial charge on any atom is -0.381 e. The number of guanidine groups is 1. The Kier molecular flexibility index (Phi) is 4.88. The van der Waals surface area contributed by atoms with E-state index in [2.05, 4.69) is 4.99 Å². The van der Waals surface area contributed by atoms with Crippen molar-refractivity contribution in [2.45, 2.75) is 12.8 Å². The Morgan fingerprint density at radius 1 is 1.27 bits per heavy atom. The molecule has 0 amide bonds. The third-order valence-corrected chi connectivity index (χ3v) is 2.61. The highest BCUT2D eigenvalue weighted by atomic mass is 16.5. The van der Waals surface area contributed by atoms with Crippen LogP contribution in [0.1, 0.15) is 12.8 Å². The fourth-order valence-corrected chi connectivity index (χ4v) is 1.84. The van der Waals surface area contributed by atoms with Gasteiger partial charge in [-0.2, -0.15) is 0 Å². The van der Waals surface area contributed by atoms with E-state index in [0.717, 1.165) is 38.1 Å². The standard InChI is InChI=1S/C11H23N3O/c1-13(2)11(14(3)4)12-7-5-10-6-8-15-9-10/h10H,5-9H2,1-4H3. The average Bonchev–Trinajstić information content (AvgIpc) is 2.63. The Labute approximate surface area is 92.9 Å². The lowest BCUT2D eigenvalue weighted by Crippen LogP contribution is -2.35. The summed E-state index contributed by atoms with van der Waals surface area (Å²) in [6.45, 7) is 2.76. The van der Waals surface area contributed by atoms with Crippen LogP contribution in [-0.2, 0) is 4.74 Å². The van der Waals surface area contributed by atoms with Gasteiger partial charge in [-0.1, -0.05) is 0 Å². The Hall–Kier alpha value is -0.770. The third-order valence-electron chi connectivity index (χ3n) is 2.61. The van der Waals surface area contributed by atoms with Gasteiger partial charge in [0.1, 0.15) is 0 Å². The lowest BCUT2D eigenvalue weighted by Gasteiger charge is -2.22. The van der Waals surface area contributed by atoms with Crippen molar-refractivity contribution in [1.29, 1.82) is 0 Å².